The SMILES string of the molecule is CCCCc1cc2c3c4[n+](ccc3c1)C(CC)(CC)CC1(Cc3ccc(C)cc3-c3cccc[n+]31)c1cccc(c1-4)C2(C)C. The third kappa shape index (κ3) is 3.54. The van der Waals surface area contributed by atoms with Crippen molar-refractivity contribution in [2.75, 3.05) is 0 Å². The van der Waals surface area contributed by atoms with E-state index in [-0.39, 0.29) is 16.5 Å². The molecule has 8 rings (SSSR count). The number of nitrogens with zero attached hydrogens (tertiary/aromatic N) is 2. The highest BCUT2D eigenvalue weighted by atomic mass is 15.1. The second-order valence-corrected chi connectivity index (χ2v) is 14.5. The second-order valence-electron chi connectivity index (χ2n) is 14.5. The molecule has 1 unspecified atom stereocenters. The molecule has 2 heteroatoms. The molecule has 0 bridgehead atoms. The normalized spacial score (nSPS) is 19.9. The molecule has 0 fully saturated rings. The fraction of sp³-hybridized carbons (Fsp3) is 0.381. The lowest BCUT2D eigenvalue weighted by molar-refractivity contribution is -0.788. The van der Waals surface area contributed by atoms with Gasteiger partial charge in [-0.1, -0.05) is 89.1 Å². The van der Waals surface area contributed by atoms with Gasteiger partial charge in [0.05, 0.1) is 17.4 Å². The molecule has 44 heavy (non-hydrogen) atoms. The van der Waals surface area contributed by atoms with Gasteiger partial charge in [0, 0.05) is 54.0 Å². The highest BCUT2D eigenvalue weighted by molar-refractivity contribution is 6.01. The van der Waals surface area contributed by atoms with Crippen LogP contribution in [-0.2, 0) is 29.3 Å². The summed E-state index contributed by atoms with van der Waals surface area (Å²) in [7, 11) is 0. The Bertz CT molecular complexity index is 1970. The molecule has 1 spiro atoms. The smallest absolute Gasteiger partial charge is 0.192 e. The highest BCUT2D eigenvalue weighted by Gasteiger charge is 2.60. The topological polar surface area (TPSA) is 7.76 Å². The lowest BCUT2D eigenvalue weighted by atomic mass is 9.65. The molecule has 222 valence electrons. The molecule has 0 amide bonds. The molecule has 2 aromatic heterocycles. The van der Waals surface area contributed by atoms with Crippen LogP contribution in [0.15, 0.2) is 85.2 Å². The molecule has 1 atom stereocenters. The Balaban J connectivity index is 1.53. The van der Waals surface area contributed by atoms with Crippen molar-refractivity contribution in [3.05, 3.63) is 119 Å². The monoisotopic (exact) mass is 578 g/mol. The molecule has 0 saturated heterocycles. The van der Waals surface area contributed by atoms with Crippen LogP contribution in [-0.4, -0.2) is 0 Å². The van der Waals surface area contributed by atoms with Crippen molar-refractivity contribution < 1.29 is 9.13 Å². The van der Waals surface area contributed by atoms with Crippen LogP contribution in [0.1, 0.15) is 100 Å². The van der Waals surface area contributed by atoms with E-state index in [4.69, 9.17) is 0 Å². The van der Waals surface area contributed by atoms with Crippen molar-refractivity contribution in [3.63, 3.8) is 0 Å². The number of hydrogen-bond donors (Lipinski definition) is 0. The second kappa shape index (κ2) is 9.61. The van der Waals surface area contributed by atoms with Gasteiger partial charge in [-0.05, 0) is 59.5 Å². The predicted molar refractivity (Wildman–Crippen MR) is 181 cm³/mol. The van der Waals surface area contributed by atoms with Gasteiger partial charge in [0.25, 0.3) is 0 Å². The first-order valence-corrected chi connectivity index (χ1v) is 17.1. The Labute approximate surface area is 263 Å². The summed E-state index contributed by atoms with van der Waals surface area (Å²) >= 11 is 0. The number of pyridine rings is 2. The molecule has 3 aliphatic rings. The number of rotatable bonds is 5. The molecular formula is C42H46N2+2. The van der Waals surface area contributed by atoms with E-state index >= 15 is 0 Å². The summed E-state index contributed by atoms with van der Waals surface area (Å²) in [6, 6.07) is 28.8. The Kier molecular flexibility index (Phi) is 6.06. The lowest BCUT2D eigenvalue weighted by Crippen LogP contribution is -2.66. The number of unbranched alkanes of at least 4 members (excludes halogenated alkanes) is 1. The zero-order chi connectivity index (χ0) is 30.4. The number of hydrogen-bond acceptors (Lipinski definition) is 0. The Morgan fingerprint density at radius 3 is 2.39 bits per heavy atom. The first-order chi connectivity index (χ1) is 21.3. The molecule has 5 aromatic rings. The molecular weight excluding hydrogens is 532 g/mol. The van der Waals surface area contributed by atoms with E-state index in [0.29, 0.717) is 0 Å². The Morgan fingerprint density at radius 1 is 0.773 bits per heavy atom. The van der Waals surface area contributed by atoms with Crippen molar-refractivity contribution >= 4 is 10.8 Å². The average molecular weight is 579 g/mol. The van der Waals surface area contributed by atoms with Crippen molar-refractivity contribution in [1.29, 1.82) is 0 Å². The minimum Gasteiger partial charge on any atom is -0.192 e. The summed E-state index contributed by atoms with van der Waals surface area (Å²) in [6.45, 7) is 14.3. The maximum atomic E-state index is 2.75. The number of fused-ring (bicyclic) bond motifs is 5. The summed E-state index contributed by atoms with van der Waals surface area (Å²) < 4.78 is 5.44. The largest absolute Gasteiger partial charge is 0.222 e. The van der Waals surface area contributed by atoms with Crippen molar-refractivity contribution in [3.8, 4) is 22.5 Å². The van der Waals surface area contributed by atoms with Gasteiger partial charge in [-0.25, -0.2) is 0 Å². The first kappa shape index (κ1) is 27.7. The minimum atomic E-state index is -0.205. The number of aryl methyl sites for hydroxylation is 2. The van der Waals surface area contributed by atoms with Crippen LogP contribution in [0.2, 0.25) is 0 Å². The summed E-state index contributed by atoms with van der Waals surface area (Å²) in [5.74, 6) is 0. The zero-order valence-corrected chi connectivity index (χ0v) is 27.4. The molecule has 3 aromatic carbocycles. The molecule has 2 nitrogen and oxygen atoms in total. The van der Waals surface area contributed by atoms with Gasteiger partial charge >= 0.3 is 0 Å². The lowest BCUT2D eigenvalue weighted by Gasteiger charge is -2.39. The fourth-order valence-corrected chi connectivity index (χ4v) is 9.45. The molecule has 4 heterocycles. The van der Waals surface area contributed by atoms with E-state index in [1.54, 1.807) is 0 Å². The molecule has 0 saturated carbocycles. The first-order valence-electron chi connectivity index (χ1n) is 17.1. The van der Waals surface area contributed by atoms with Gasteiger partial charge < -0.3 is 0 Å². The van der Waals surface area contributed by atoms with Gasteiger partial charge in [0.1, 0.15) is 0 Å². The van der Waals surface area contributed by atoms with Crippen molar-refractivity contribution in [2.45, 2.75) is 103 Å². The number of aromatic nitrogens is 2. The van der Waals surface area contributed by atoms with Gasteiger partial charge in [0.2, 0.25) is 16.9 Å². The van der Waals surface area contributed by atoms with E-state index < -0.39 is 0 Å². The third-order valence-corrected chi connectivity index (χ3v) is 11.9. The Hall–Kier alpha value is -3.78. The third-order valence-electron chi connectivity index (χ3n) is 11.9. The summed E-state index contributed by atoms with van der Waals surface area (Å²) in [6.07, 6.45) is 12.7. The fourth-order valence-electron chi connectivity index (χ4n) is 9.45. The van der Waals surface area contributed by atoms with E-state index in [2.05, 4.69) is 136 Å². The summed E-state index contributed by atoms with van der Waals surface area (Å²) in [4.78, 5) is 0. The predicted octanol–water partition coefficient (Wildman–Crippen LogP) is 9.26. The summed E-state index contributed by atoms with van der Waals surface area (Å²) in [5, 5.41) is 2.88. The van der Waals surface area contributed by atoms with Crippen LogP contribution >= 0.6 is 0 Å². The van der Waals surface area contributed by atoms with E-state index in [1.807, 2.05) is 0 Å². The van der Waals surface area contributed by atoms with Crippen LogP contribution in [0.25, 0.3) is 33.3 Å². The van der Waals surface area contributed by atoms with Crippen molar-refractivity contribution in [2.24, 2.45) is 0 Å². The van der Waals surface area contributed by atoms with Crippen molar-refractivity contribution in [1.82, 2.24) is 0 Å². The summed E-state index contributed by atoms with van der Waals surface area (Å²) in [5.41, 5.74) is 14.1. The van der Waals surface area contributed by atoms with E-state index in [9.17, 15) is 0 Å². The van der Waals surface area contributed by atoms with Crippen LogP contribution in [0, 0.1) is 6.92 Å². The van der Waals surface area contributed by atoms with E-state index in [0.717, 1.165) is 32.1 Å². The average Bonchev–Trinajstić information content (AvgIpc) is 3.15. The molecule has 0 radical (unpaired) electrons. The zero-order valence-electron chi connectivity index (χ0n) is 27.4. The minimum absolute atomic E-state index is 0.0260. The van der Waals surface area contributed by atoms with Crippen LogP contribution < -0.4 is 9.13 Å². The van der Waals surface area contributed by atoms with E-state index in [1.165, 1.54) is 79.5 Å². The van der Waals surface area contributed by atoms with Gasteiger partial charge in [-0.2, -0.15) is 9.13 Å². The standard InChI is InChI=1S/C42H46N2/c1-7-10-14-29-24-30-20-22-44-39-37(30)35(25-29)40(5,6)33-15-13-16-34(38(33)39)42(27-41(44,8-2)9-3)26-31-19-18-28(4)23-32(31)36-17-11-12-21-43(36)42/h11-13,15-25H,7-10,14,26-27H2,1-6H3/q+2. The van der Waals surface area contributed by atoms with Crippen LogP contribution in [0.5, 0.6) is 0 Å². The Morgan fingerprint density at radius 2 is 1.59 bits per heavy atom. The van der Waals surface area contributed by atoms with Gasteiger partial charge in [-0.15, -0.1) is 0 Å². The van der Waals surface area contributed by atoms with Gasteiger partial charge in [-0.3, -0.25) is 0 Å². The maximum absolute atomic E-state index is 2.75. The maximum Gasteiger partial charge on any atom is 0.222 e. The number of benzene rings is 3. The molecule has 0 N–H and O–H groups in total. The quantitative estimate of drug-likeness (QED) is 0.184. The molecule has 1 aliphatic carbocycles. The van der Waals surface area contributed by atoms with Gasteiger partial charge in [0.15, 0.2) is 17.9 Å². The van der Waals surface area contributed by atoms with Crippen LogP contribution in [0.4, 0.5) is 0 Å². The van der Waals surface area contributed by atoms with Crippen LogP contribution in [0.3, 0.4) is 0 Å². The highest BCUT2D eigenvalue weighted by Crippen LogP contribution is 2.55. The molecule has 2 aliphatic heterocycles.